The Kier molecular flexibility index (Phi) is 11.2. The summed E-state index contributed by atoms with van der Waals surface area (Å²) in [5.41, 5.74) is 1.00. The third kappa shape index (κ3) is 8.95. The molecule has 3 aliphatic rings. The maximum absolute atomic E-state index is 13.8. The van der Waals surface area contributed by atoms with Crippen molar-refractivity contribution < 1.29 is 32.7 Å². The SMILES string of the molecule is C#CCCC1(CCC(=O)N(C2CCSC2)C(C(=O)NC2CCCC2)c2nc(CC)[nH]c2C)N=N1.O=C(O)C(F)(F)F. The van der Waals surface area contributed by atoms with E-state index in [0.29, 0.717) is 25.0 Å². The monoisotopic (exact) mass is 598 g/mol. The first kappa shape index (κ1) is 32.4. The zero-order valence-electron chi connectivity index (χ0n) is 23.3. The highest BCUT2D eigenvalue weighted by molar-refractivity contribution is 7.99. The van der Waals surface area contributed by atoms with E-state index in [-0.39, 0.29) is 30.3 Å². The summed E-state index contributed by atoms with van der Waals surface area (Å²) in [5, 5.41) is 18.8. The number of terminal acetylenes is 1. The number of hydrogen-bond donors (Lipinski definition) is 3. The molecule has 226 valence electrons. The number of imidazole rings is 1. The fourth-order valence-corrected chi connectivity index (χ4v) is 6.31. The van der Waals surface area contributed by atoms with Gasteiger partial charge in [-0.05, 0) is 31.9 Å². The van der Waals surface area contributed by atoms with Crippen molar-refractivity contribution in [3.05, 3.63) is 17.2 Å². The molecule has 2 fully saturated rings. The zero-order valence-corrected chi connectivity index (χ0v) is 24.1. The van der Waals surface area contributed by atoms with Crippen LogP contribution in [-0.4, -0.2) is 73.2 Å². The normalized spacial score (nSPS) is 20.0. The molecular formula is C27H37F3N6O4S. The highest BCUT2D eigenvalue weighted by atomic mass is 32.2. The number of nitrogens with one attached hydrogen (secondary N) is 2. The van der Waals surface area contributed by atoms with Crippen molar-refractivity contribution in [2.75, 3.05) is 11.5 Å². The van der Waals surface area contributed by atoms with Gasteiger partial charge < -0.3 is 20.3 Å². The van der Waals surface area contributed by atoms with Crippen LogP contribution in [0.2, 0.25) is 0 Å². The molecule has 10 nitrogen and oxygen atoms in total. The van der Waals surface area contributed by atoms with E-state index >= 15 is 0 Å². The quantitative estimate of drug-likeness (QED) is 0.316. The van der Waals surface area contributed by atoms with Crippen molar-refractivity contribution in [2.24, 2.45) is 10.2 Å². The first-order chi connectivity index (χ1) is 19.4. The molecule has 2 atom stereocenters. The summed E-state index contributed by atoms with van der Waals surface area (Å²) in [4.78, 5) is 46.4. The predicted octanol–water partition coefficient (Wildman–Crippen LogP) is 4.70. The lowest BCUT2D eigenvalue weighted by Crippen LogP contribution is -2.50. The van der Waals surface area contributed by atoms with Gasteiger partial charge in [0.05, 0.1) is 5.69 Å². The van der Waals surface area contributed by atoms with Gasteiger partial charge in [0, 0.05) is 55.6 Å². The first-order valence-electron chi connectivity index (χ1n) is 13.8. The van der Waals surface area contributed by atoms with E-state index in [1.807, 2.05) is 30.5 Å². The van der Waals surface area contributed by atoms with E-state index < -0.39 is 23.9 Å². The zero-order chi connectivity index (χ0) is 30.2. The number of alkyl halides is 3. The van der Waals surface area contributed by atoms with Gasteiger partial charge in [-0.25, -0.2) is 9.78 Å². The molecule has 41 heavy (non-hydrogen) atoms. The van der Waals surface area contributed by atoms with Gasteiger partial charge >= 0.3 is 12.1 Å². The average Bonchev–Trinajstić information content (AvgIpc) is 3.31. The molecule has 0 radical (unpaired) electrons. The molecular weight excluding hydrogens is 561 g/mol. The van der Waals surface area contributed by atoms with Crippen LogP contribution < -0.4 is 5.32 Å². The summed E-state index contributed by atoms with van der Waals surface area (Å²) in [5.74, 6) is 2.40. The number of carboxylic acid groups (broad SMARTS) is 1. The number of aryl methyl sites for hydroxylation is 2. The molecule has 1 saturated heterocycles. The van der Waals surface area contributed by atoms with Gasteiger partial charge in [-0.15, -0.1) is 12.3 Å². The first-order valence-corrected chi connectivity index (χ1v) is 15.0. The highest BCUT2D eigenvalue weighted by Gasteiger charge is 2.44. The van der Waals surface area contributed by atoms with Gasteiger partial charge in [0.2, 0.25) is 11.8 Å². The third-order valence-electron chi connectivity index (χ3n) is 7.41. The summed E-state index contributed by atoms with van der Waals surface area (Å²) in [6.07, 6.45) is 8.27. The van der Waals surface area contributed by atoms with Crippen LogP contribution in [0.1, 0.15) is 88.0 Å². The fraction of sp³-hybridized carbons (Fsp3) is 0.704. The van der Waals surface area contributed by atoms with Gasteiger partial charge in [-0.1, -0.05) is 19.8 Å². The molecule has 0 aromatic carbocycles. The Hall–Kier alpha value is -3.08. The van der Waals surface area contributed by atoms with E-state index in [1.54, 1.807) is 0 Å². The number of hydrogen-bond acceptors (Lipinski definition) is 7. The number of rotatable bonds is 11. The number of thioether (sulfide) groups is 1. The summed E-state index contributed by atoms with van der Waals surface area (Å²) < 4.78 is 31.7. The third-order valence-corrected chi connectivity index (χ3v) is 8.56. The number of aromatic amines is 1. The lowest BCUT2D eigenvalue weighted by molar-refractivity contribution is -0.192. The average molecular weight is 599 g/mol. The number of aliphatic carboxylic acids is 1. The smallest absolute Gasteiger partial charge is 0.475 e. The van der Waals surface area contributed by atoms with Crippen LogP contribution in [0.25, 0.3) is 0 Å². The number of aromatic nitrogens is 2. The minimum absolute atomic E-state index is 0.00717. The van der Waals surface area contributed by atoms with E-state index in [4.69, 9.17) is 21.3 Å². The van der Waals surface area contributed by atoms with Crippen LogP contribution in [0.4, 0.5) is 13.2 Å². The fourth-order valence-electron chi connectivity index (χ4n) is 5.11. The van der Waals surface area contributed by atoms with Crippen molar-refractivity contribution in [3.8, 4) is 12.3 Å². The molecule has 1 saturated carbocycles. The van der Waals surface area contributed by atoms with Crippen LogP contribution in [-0.2, 0) is 20.8 Å². The van der Waals surface area contributed by atoms with Crippen molar-refractivity contribution >= 4 is 29.5 Å². The van der Waals surface area contributed by atoms with E-state index in [2.05, 4.69) is 26.4 Å². The molecule has 3 heterocycles. The van der Waals surface area contributed by atoms with Crippen LogP contribution >= 0.6 is 11.8 Å². The Morgan fingerprint density at radius 3 is 2.39 bits per heavy atom. The topological polar surface area (TPSA) is 140 Å². The molecule has 2 unspecified atom stereocenters. The lowest BCUT2D eigenvalue weighted by atomic mass is 9.99. The predicted molar refractivity (Wildman–Crippen MR) is 147 cm³/mol. The van der Waals surface area contributed by atoms with Gasteiger partial charge in [0.25, 0.3) is 0 Å². The summed E-state index contributed by atoms with van der Waals surface area (Å²) >= 11 is 1.83. The number of carbonyl (C=O) groups is 3. The lowest BCUT2D eigenvalue weighted by Gasteiger charge is -2.36. The molecule has 1 aromatic heterocycles. The number of halogens is 3. The Balaban J connectivity index is 0.000000587. The Morgan fingerprint density at radius 1 is 1.24 bits per heavy atom. The van der Waals surface area contributed by atoms with Crippen molar-refractivity contribution in [1.29, 1.82) is 0 Å². The van der Waals surface area contributed by atoms with Gasteiger partial charge in [-0.3, -0.25) is 9.59 Å². The van der Waals surface area contributed by atoms with Crippen molar-refractivity contribution in [3.63, 3.8) is 0 Å². The summed E-state index contributed by atoms with van der Waals surface area (Å²) in [7, 11) is 0. The number of nitrogens with zero attached hydrogens (tertiary/aromatic N) is 4. The van der Waals surface area contributed by atoms with Crippen LogP contribution in [0, 0.1) is 19.3 Å². The molecule has 14 heteroatoms. The van der Waals surface area contributed by atoms with Gasteiger partial charge in [-0.2, -0.15) is 35.2 Å². The molecule has 2 aliphatic heterocycles. The molecule has 0 bridgehead atoms. The second kappa shape index (κ2) is 14.2. The Morgan fingerprint density at radius 2 is 1.90 bits per heavy atom. The van der Waals surface area contributed by atoms with E-state index in [9.17, 15) is 22.8 Å². The maximum Gasteiger partial charge on any atom is 0.490 e. The number of amides is 2. The largest absolute Gasteiger partial charge is 0.490 e. The van der Waals surface area contributed by atoms with Gasteiger partial charge in [0.1, 0.15) is 5.82 Å². The summed E-state index contributed by atoms with van der Waals surface area (Å²) in [6, 6.07) is -0.554. The number of H-pyrrole nitrogens is 1. The molecule has 3 N–H and O–H groups in total. The molecule has 1 aliphatic carbocycles. The molecule has 4 rings (SSSR count). The second-order valence-corrected chi connectivity index (χ2v) is 11.6. The Labute approximate surface area is 241 Å². The maximum atomic E-state index is 13.8. The molecule has 2 amide bonds. The van der Waals surface area contributed by atoms with Crippen LogP contribution in [0.15, 0.2) is 10.2 Å². The van der Waals surface area contributed by atoms with Crippen molar-refractivity contribution in [2.45, 2.75) is 108 Å². The standard InChI is InChI=1S/C25H36N6O2S.C2HF3O2/c1-4-6-13-25(29-30-25)14-11-21(32)31(19-12-15-34-16-19)23(22-17(3)26-20(5-2)28-22)24(33)27-18-9-7-8-10-18;3-2(4,5)1(6)7/h1,18-19,23H,5-16H2,2-3H3,(H,26,28)(H,27,33);(H,6,7). The Bertz CT molecular complexity index is 1150. The number of carboxylic acids is 1. The number of carbonyl (C=O) groups excluding carboxylic acids is 2. The van der Waals surface area contributed by atoms with E-state index in [0.717, 1.165) is 61.5 Å². The van der Waals surface area contributed by atoms with Crippen LogP contribution in [0.5, 0.6) is 0 Å². The minimum atomic E-state index is -5.08. The highest BCUT2D eigenvalue weighted by Crippen LogP contribution is 2.39. The van der Waals surface area contributed by atoms with E-state index in [1.165, 1.54) is 0 Å². The van der Waals surface area contributed by atoms with Crippen molar-refractivity contribution in [1.82, 2.24) is 20.2 Å². The molecule has 0 spiro atoms. The summed E-state index contributed by atoms with van der Waals surface area (Å²) in [6.45, 7) is 3.98. The molecule has 1 aromatic rings. The van der Waals surface area contributed by atoms with Gasteiger partial charge in [0.15, 0.2) is 11.7 Å². The minimum Gasteiger partial charge on any atom is -0.475 e. The second-order valence-electron chi connectivity index (χ2n) is 10.4. The van der Waals surface area contributed by atoms with Crippen LogP contribution in [0.3, 0.4) is 0 Å².